The van der Waals surface area contributed by atoms with E-state index < -0.39 is 0 Å². The fourth-order valence-corrected chi connectivity index (χ4v) is 4.18. The van der Waals surface area contributed by atoms with Crippen LogP contribution in [0.2, 0.25) is 0 Å². The third-order valence-electron chi connectivity index (χ3n) is 5.40. The number of carbonyl (C=O) groups excluding carboxylic acids is 2. The van der Waals surface area contributed by atoms with E-state index in [-0.39, 0.29) is 23.8 Å². The third-order valence-corrected chi connectivity index (χ3v) is 5.40. The Morgan fingerprint density at radius 2 is 1.90 bits per heavy atom. The second kappa shape index (κ2) is 5.72. The molecule has 0 aromatic carbocycles. The molecule has 3 fully saturated rings. The van der Waals surface area contributed by atoms with Gasteiger partial charge in [-0.1, -0.05) is 6.42 Å². The van der Waals surface area contributed by atoms with Crippen LogP contribution in [0.3, 0.4) is 0 Å². The van der Waals surface area contributed by atoms with Crippen molar-refractivity contribution < 1.29 is 9.59 Å². The van der Waals surface area contributed by atoms with Gasteiger partial charge in [0.25, 0.3) is 0 Å². The van der Waals surface area contributed by atoms with Crippen molar-refractivity contribution in [3.05, 3.63) is 0 Å². The molecule has 5 nitrogen and oxygen atoms in total. The lowest BCUT2D eigenvalue weighted by molar-refractivity contribution is -0.130. The first-order valence-electron chi connectivity index (χ1n) is 7.96. The Balaban J connectivity index is 1.54. The van der Waals surface area contributed by atoms with Crippen LogP contribution in [0.15, 0.2) is 0 Å². The van der Waals surface area contributed by atoms with E-state index >= 15 is 0 Å². The zero-order valence-corrected chi connectivity index (χ0v) is 11.9. The Morgan fingerprint density at radius 1 is 1.20 bits per heavy atom. The van der Waals surface area contributed by atoms with Gasteiger partial charge in [0.05, 0.1) is 0 Å². The van der Waals surface area contributed by atoms with Crippen LogP contribution >= 0.6 is 0 Å². The highest BCUT2D eigenvalue weighted by Gasteiger charge is 2.40. The van der Waals surface area contributed by atoms with E-state index in [4.69, 9.17) is 5.73 Å². The summed E-state index contributed by atoms with van der Waals surface area (Å²) in [7, 11) is 0. The van der Waals surface area contributed by atoms with Crippen molar-refractivity contribution in [2.75, 3.05) is 6.54 Å². The van der Waals surface area contributed by atoms with Crippen molar-refractivity contribution in [3.8, 4) is 0 Å². The second-order valence-corrected chi connectivity index (χ2v) is 6.75. The summed E-state index contributed by atoms with van der Waals surface area (Å²) in [6.45, 7) is 0.573. The summed E-state index contributed by atoms with van der Waals surface area (Å²) in [6.07, 6.45) is 6.81. The molecule has 0 aromatic heterocycles. The van der Waals surface area contributed by atoms with E-state index in [2.05, 4.69) is 10.6 Å². The number of nitrogens with one attached hydrogen (secondary N) is 2. The van der Waals surface area contributed by atoms with Crippen molar-refractivity contribution in [1.29, 1.82) is 0 Å². The minimum atomic E-state index is 0.0914. The molecule has 5 heteroatoms. The second-order valence-electron chi connectivity index (χ2n) is 6.75. The van der Waals surface area contributed by atoms with E-state index in [0.717, 1.165) is 19.3 Å². The molecule has 4 N–H and O–H groups in total. The maximum atomic E-state index is 12.4. The lowest BCUT2D eigenvalue weighted by atomic mass is 9.65. The molecule has 0 radical (unpaired) electrons. The number of hydrogen-bond acceptors (Lipinski definition) is 3. The third kappa shape index (κ3) is 2.82. The van der Waals surface area contributed by atoms with Gasteiger partial charge < -0.3 is 16.4 Å². The minimum Gasteiger partial charge on any atom is -0.354 e. The Morgan fingerprint density at radius 3 is 2.50 bits per heavy atom. The molecule has 1 heterocycles. The molecule has 2 aliphatic carbocycles. The van der Waals surface area contributed by atoms with Crippen LogP contribution in [0.1, 0.15) is 44.9 Å². The monoisotopic (exact) mass is 279 g/mol. The van der Waals surface area contributed by atoms with Crippen molar-refractivity contribution in [2.45, 2.75) is 57.0 Å². The molecule has 3 unspecified atom stereocenters. The zero-order valence-electron chi connectivity index (χ0n) is 11.9. The molecule has 2 amide bonds. The fraction of sp³-hybridized carbons (Fsp3) is 0.867. The Kier molecular flexibility index (Phi) is 3.96. The van der Waals surface area contributed by atoms with Gasteiger partial charge in [-0.3, -0.25) is 9.59 Å². The number of rotatable bonds is 2. The first kappa shape index (κ1) is 13.9. The summed E-state index contributed by atoms with van der Waals surface area (Å²) < 4.78 is 0. The number of hydrogen-bond donors (Lipinski definition) is 3. The van der Waals surface area contributed by atoms with Gasteiger partial charge >= 0.3 is 0 Å². The SMILES string of the molecule is NC1C2CCCC1CC(C(=O)NC1CCC(=O)NC1)C2. The van der Waals surface area contributed by atoms with Crippen LogP contribution in [0, 0.1) is 17.8 Å². The van der Waals surface area contributed by atoms with Crippen LogP contribution in [-0.4, -0.2) is 30.4 Å². The predicted molar refractivity (Wildman–Crippen MR) is 75.7 cm³/mol. The first-order valence-corrected chi connectivity index (χ1v) is 7.96. The van der Waals surface area contributed by atoms with E-state index in [9.17, 15) is 9.59 Å². The van der Waals surface area contributed by atoms with E-state index in [0.29, 0.717) is 30.8 Å². The lowest BCUT2D eigenvalue weighted by Gasteiger charge is -2.43. The minimum absolute atomic E-state index is 0.0914. The largest absolute Gasteiger partial charge is 0.354 e. The molecule has 20 heavy (non-hydrogen) atoms. The highest BCUT2D eigenvalue weighted by molar-refractivity contribution is 5.80. The fourth-order valence-electron chi connectivity index (χ4n) is 4.18. The van der Waals surface area contributed by atoms with E-state index in [1.54, 1.807) is 0 Å². The molecule has 3 rings (SSSR count). The summed E-state index contributed by atoms with van der Waals surface area (Å²) in [5, 5.41) is 5.93. The molecular formula is C15H25N3O2. The standard InChI is InChI=1S/C15H25N3O2/c16-14-9-2-1-3-10(14)7-11(6-9)15(20)18-12-4-5-13(19)17-8-12/h9-12,14H,1-8,16H2,(H,17,19)(H,18,20). The summed E-state index contributed by atoms with van der Waals surface area (Å²) >= 11 is 0. The Labute approximate surface area is 120 Å². The van der Waals surface area contributed by atoms with Crippen LogP contribution in [0.4, 0.5) is 0 Å². The average molecular weight is 279 g/mol. The number of piperidine rings is 1. The summed E-state index contributed by atoms with van der Waals surface area (Å²) in [4.78, 5) is 23.5. The van der Waals surface area contributed by atoms with Gasteiger partial charge in [-0.2, -0.15) is 0 Å². The van der Waals surface area contributed by atoms with Crippen molar-refractivity contribution in [2.24, 2.45) is 23.5 Å². The van der Waals surface area contributed by atoms with Gasteiger partial charge in [-0.15, -0.1) is 0 Å². The Bertz CT molecular complexity index is 375. The maximum Gasteiger partial charge on any atom is 0.223 e. The highest BCUT2D eigenvalue weighted by Crippen LogP contribution is 2.41. The van der Waals surface area contributed by atoms with Crippen molar-refractivity contribution >= 4 is 11.8 Å². The lowest BCUT2D eigenvalue weighted by Crippen LogP contribution is -2.52. The van der Waals surface area contributed by atoms with Crippen LogP contribution in [0.5, 0.6) is 0 Å². The molecule has 0 aromatic rings. The van der Waals surface area contributed by atoms with Gasteiger partial charge in [0.2, 0.25) is 11.8 Å². The van der Waals surface area contributed by atoms with Crippen LogP contribution < -0.4 is 16.4 Å². The molecule has 3 aliphatic rings. The summed E-state index contributed by atoms with van der Waals surface area (Å²) in [6, 6.07) is 0.414. The van der Waals surface area contributed by atoms with Crippen molar-refractivity contribution in [1.82, 2.24) is 10.6 Å². The molecule has 1 saturated heterocycles. The first-order chi connectivity index (χ1) is 9.63. The Hall–Kier alpha value is -1.10. The molecule has 1 aliphatic heterocycles. The number of amides is 2. The summed E-state index contributed by atoms with van der Waals surface area (Å²) in [5.41, 5.74) is 6.27. The van der Waals surface area contributed by atoms with E-state index in [1.807, 2.05) is 0 Å². The molecular weight excluding hydrogens is 254 g/mol. The quantitative estimate of drug-likeness (QED) is 0.689. The van der Waals surface area contributed by atoms with Crippen LogP contribution in [0.25, 0.3) is 0 Å². The average Bonchev–Trinajstić information content (AvgIpc) is 2.41. The van der Waals surface area contributed by atoms with Gasteiger partial charge in [0.1, 0.15) is 0 Å². The highest BCUT2D eigenvalue weighted by atomic mass is 16.2. The normalized spacial score (nSPS) is 40.9. The maximum absolute atomic E-state index is 12.4. The molecule has 2 bridgehead atoms. The van der Waals surface area contributed by atoms with Crippen molar-refractivity contribution in [3.63, 3.8) is 0 Å². The van der Waals surface area contributed by atoms with E-state index in [1.165, 1.54) is 19.3 Å². The van der Waals surface area contributed by atoms with Gasteiger partial charge in [0, 0.05) is 31.0 Å². The number of fused-ring (bicyclic) bond motifs is 2. The molecule has 3 atom stereocenters. The molecule has 112 valence electrons. The topological polar surface area (TPSA) is 84.2 Å². The van der Waals surface area contributed by atoms with Gasteiger partial charge in [-0.05, 0) is 43.9 Å². The summed E-state index contributed by atoms with van der Waals surface area (Å²) in [5.74, 6) is 1.46. The van der Waals surface area contributed by atoms with Crippen LogP contribution in [-0.2, 0) is 9.59 Å². The number of nitrogens with two attached hydrogens (primary N) is 1. The van der Waals surface area contributed by atoms with Gasteiger partial charge in [0.15, 0.2) is 0 Å². The van der Waals surface area contributed by atoms with Gasteiger partial charge in [-0.25, -0.2) is 0 Å². The smallest absolute Gasteiger partial charge is 0.223 e. The molecule has 2 saturated carbocycles. The predicted octanol–water partition coefficient (Wildman–Crippen LogP) is 0.535. The molecule has 0 spiro atoms. The zero-order chi connectivity index (χ0) is 14.1. The number of carbonyl (C=O) groups is 2.